The number of benzene rings is 1. The van der Waals surface area contributed by atoms with Crippen LogP contribution in [0.2, 0.25) is 0 Å². The van der Waals surface area contributed by atoms with Gasteiger partial charge in [-0.15, -0.1) is 0 Å². The lowest BCUT2D eigenvalue weighted by atomic mass is 9.94. The van der Waals surface area contributed by atoms with Crippen molar-refractivity contribution in [3.63, 3.8) is 0 Å². The highest BCUT2D eigenvalue weighted by Crippen LogP contribution is 2.33. The van der Waals surface area contributed by atoms with Crippen molar-refractivity contribution in [3.05, 3.63) is 23.8 Å². The maximum absolute atomic E-state index is 13.4. The van der Waals surface area contributed by atoms with Crippen LogP contribution in [-0.2, 0) is 31.3 Å². The number of unbranched alkanes of at least 4 members (excludes halogenated alkanes) is 1. The monoisotopic (exact) mass is 499 g/mol. The third-order valence-corrected chi connectivity index (χ3v) is 10.7. The minimum Gasteiger partial charge on any atom is -0.312 e. The van der Waals surface area contributed by atoms with Crippen molar-refractivity contribution in [3.8, 4) is 0 Å². The molecule has 0 spiro atoms. The van der Waals surface area contributed by atoms with E-state index in [4.69, 9.17) is 0 Å². The Kier molecular flexibility index (Phi) is 8.58. The molecule has 10 heteroatoms. The molecule has 186 valence electrons. The van der Waals surface area contributed by atoms with Gasteiger partial charge in [0, 0.05) is 44.3 Å². The zero-order valence-electron chi connectivity index (χ0n) is 20.0. The molecule has 1 amide bonds. The van der Waals surface area contributed by atoms with Gasteiger partial charge in [0.1, 0.15) is 0 Å². The first-order valence-corrected chi connectivity index (χ1v) is 15.1. The van der Waals surface area contributed by atoms with Crippen LogP contribution in [0.3, 0.4) is 0 Å². The van der Waals surface area contributed by atoms with Crippen LogP contribution in [0.15, 0.2) is 23.1 Å². The van der Waals surface area contributed by atoms with E-state index in [0.29, 0.717) is 52.0 Å². The summed E-state index contributed by atoms with van der Waals surface area (Å²) in [5.74, 6) is -0.0334. The quantitative estimate of drug-likeness (QED) is 0.521. The van der Waals surface area contributed by atoms with Crippen LogP contribution in [0.5, 0.6) is 0 Å². The lowest BCUT2D eigenvalue weighted by Gasteiger charge is -2.36. The largest absolute Gasteiger partial charge is 0.312 e. The van der Waals surface area contributed by atoms with Crippen LogP contribution in [-0.4, -0.2) is 69.8 Å². The van der Waals surface area contributed by atoms with E-state index in [1.54, 1.807) is 23.1 Å². The van der Waals surface area contributed by atoms with Gasteiger partial charge in [-0.25, -0.2) is 21.1 Å². The number of anilines is 1. The molecule has 0 aromatic heterocycles. The van der Waals surface area contributed by atoms with Gasteiger partial charge in [0.15, 0.2) is 0 Å². The normalized spacial score (nSPS) is 18.5. The van der Waals surface area contributed by atoms with E-state index in [-0.39, 0.29) is 22.5 Å². The molecule has 0 aliphatic carbocycles. The number of carbonyl (C=O) groups excluding carboxylic acids is 1. The number of nitrogens with zero attached hydrogens (tertiary/aromatic N) is 3. The summed E-state index contributed by atoms with van der Waals surface area (Å²) in [7, 11) is -6.80. The number of carbonyl (C=O) groups is 1. The topological polar surface area (TPSA) is 95.1 Å². The van der Waals surface area contributed by atoms with Crippen LogP contribution >= 0.6 is 0 Å². The Morgan fingerprint density at radius 1 is 1.03 bits per heavy atom. The number of sulfonamides is 2. The molecular weight excluding hydrogens is 462 g/mol. The molecule has 0 radical (unpaired) electrons. The summed E-state index contributed by atoms with van der Waals surface area (Å²) in [5.41, 5.74) is 1.66. The molecule has 1 fully saturated rings. The zero-order chi connectivity index (χ0) is 24.2. The average molecular weight is 500 g/mol. The number of hydrogen-bond donors (Lipinski definition) is 0. The van der Waals surface area contributed by atoms with Crippen molar-refractivity contribution in [1.29, 1.82) is 0 Å². The van der Waals surface area contributed by atoms with Crippen molar-refractivity contribution in [1.82, 2.24) is 8.61 Å². The van der Waals surface area contributed by atoms with Gasteiger partial charge in [-0.05, 0) is 55.9 Å². The van der Waals surface area contributed by atoms with Gasteiger partial charge >= 0.3 is 0 Å². The van der Waals surface area contributed by atoms with Gasteiger partial charge in [-0.1, -0.05) is 27.2 Å². The highest BCUT2D eigenvalue weighted by molar-refractivity contribution is 7.89. The maximum Gasteiger partial charge on any atom is 0.243 e. The van der Waals surface area contributed by atoms with E-state index in [2.05, 4.69) is 0 Å². The fourth-order valence-electron chi connectivity index (χ4n) is 4.73. The molecule has 33 heavy (non-hydrogen) atoms. The predicted molar refractivity (Wildman–Crippen MR) is 130 cm³/mol. The molecule has 0 atom stereocenters. The Hall–Kier alpha value is -1.49. The lowest BCUT2D eigenvalue weighted by Crippen LogP contribution is -2.46. The number of aryl methyl sites for hydroxylation is 1. The molecular formula is C23H37N3O5S2. The van der Waals surface area contributed by atoms with Crippen molar-refractivity contribution in [2.45, 2.75) is 64.2 Å². The zero-order valence-corrected chi connectivity index (χ0v) is 21.6. The molecule has 0 saturated carbocycles. The molecule has 0 unspecified atom stereocenters. The second-order valence-electron chi connectivity index (χ2n) is 8.82. The van der Waals surface area contributed by atoms with E-state index in [0.717, 1.165) is 30.5 Å². The van der Waals surface area contributed by atoms with Crippen molar-refractivity contribution in [2.24, 2.45) is 5.92 Å². The lowest BCUT2D eigenvalue weighted by molar-refractivity contribution is -0.123. The first-order valence-electron chi connectivity index (χ1n) is 12.1. The summed E-state index contributed by atoms with van der Waals surface area (Å²) in [6, 6.07) is 5.07. The molecule has 0 N–H and O–H groups in total. The van der Waals surface area contributed by atoms with Crippen LogP contribution in [0.4, 0.5) is 5.69 Å². The summed E-state index contributed by atoms with van der Waals surface area (Å²) in [5, 5.41) is 0. The summed E-state index contributed by atoms with van der Waals surface area (Å²) in [4.78, 5) is 15.4. The first-order chi connectivity index (χ1) is 15.7. The van der Waals surface area contributed by atoms with Gasteiger partial charge in [-0.2, -0.15) is 4.31 Å². The number of piperidine rings is 1. The summed E-state index contributed by atoms with van der Waals surface area (Å²) in [6.45, 7) is 7.79. The first kappa shape index (κ1) is 26.1. The Morgan fingerprint density at radius 2 is 1.70 bits per heavy atom. The van der Waals surface area contributed by atoms with E-state index < -0.39 is 20.0 Å². The van der Waals surface area contributed by atoms with Crippen LogP contribution in [0.1, 0.15) is 58.4 Å². The molecule has 2 heterocycles. The van der Waals surface area contributed by atoms with E-state index in [1.807, 2.05) is 20.8 Å². The van der Waals surface area contributed by atoms with Crippen molar-refractivity contribution < 1.29 is 21.6 Å². The SMILES string of the molecule is CCCCS(=O)(=O)N1CCC(C(=O)N2CCCc3cc(S(=O)(=O)N(CC)CC)ccc32)CC1. The van der Waals surface area contributed by atoms with Gasteiger partial charge in [-0.3, -0.25) is 4.79 Å². The molecule has 2 aliphatic rings. The molecule has 8 nitrogen and oxygen atoms in total. The summed E-state index contributed by atoms with van der Waals surface area (Å²) in [6.07, 6.45) is 4.03. The Labute approximate surface area is 199 Å². The smallest absolute Gasteiger partial charge is 0.243 e. The maximum atomic E-state index is 13.4. The molecule has 3 rings (SSSR count). The van der Waals surface area contributed by atoms with Crippen LogP contribution in [0.25, 0.3) is 0 Å². The van der Waals surface area contributed by atoms with E-state index in [1.165, 1.54) is 8.61 Å². The summed E-state index contributed by atoms with van der Waals surface area (Å²) < 4.78 is 53.7. The van der Waals surface area contributed by atoms with Gasteiger partial charge < -0.3 is 4.90 Å². The van der Waals surface area contributed by atoms with E-state index >= 15 is 0 Å². The van der Waals surface area contributed by atoms with Crippen LogP contribution < -0.4 is 4.90 Å². The molecule has 1 aromatic carbocycles. The average Bonchev–Trinajstić information content (AvgIpc) is 2.82. The second-order valence-corrected chi connectivity index (χ2v) is 12.8. The third-order valence-electron chi connectivity index (χ3n) is 6.73. The van der Waals surface area contributed by atoms with Crippen molar-refractivity contribution in [2.75, 3.05) is 43.4 Å². The standard InChI is InChI=1S/C23H37N3O5S2/c1-4-7-17-32(28,29)25-15-12-19(13-16-25)23(27)26-14-8-9-20-18-21(10-11-22(20)26)33(30,31)24(5-2)6-3/h10-11,18-19H,4-9,12-17H2,1-3H3. The molecule has 2 aliphatic heterocycles. The predicted octanol–water partition coefficient (Wildman–Crippen LogP) is 2.84. The Balaban J connectivity index is 1.73. The second kappa shape index (κ2) is 10.8. The number of amides is 1. The third kappa shape index (κ3) is 5.61. The highest BCUT2D eigenvalue weighted by atomic mass is 32.2. The number of fused-ring (bicyclic) bond motifs is 1. The summed E-state index contributed by atoms with van der Waals surface area (Å²) >= 11 is 0. The van der Waals surface area contributed by atoms with Gasteiger partial charge in [0.05, 0.1) is 10.6 Å². The molecule has 1 aromatic rings. The minimum atomic E-state index is -3.55. The fraction of sp³-hybridized carbons (Fsp3) is 0.696. The molecule has 0 bridgehead atoms. The van der Waals surface area contributed by atoms with Gasteiger partial charge in [0.2, 0.25) is 26.0 Å². The number of hydrogen-bond acceptors (Lipinski definition) is 5. The van der Waals surface area contributed by atoms with Crippen LogP contribution in [0, 0.1) is 5.92 Å². The molecule has 1 saturated heterocycles. The van der Waals surface area contributed by atoms with Crippen molar-refractivity contribution >= 4 is 31.6 Å². The Bertz CT molecular complexity index is 1040. The minimum absolute atomic E-state index is 0.0147. The fourth-order valence-corrected chi connectivity index (χ4v) is 7.92. The Morgan fingerprint density at radius 3 is 2.30 bits per heavy atom. The van der Waals surface area contributed by atoms with E-state index in [9.17, 15) is 21.6 Å². The van der Waals surface area contributed by atoms with Gasteiger partial charge in [0.25, 0.3) is 0 Å². The highest BCUT2D eigenvalue weighted by Gasteiger charge is 2.35. The number of rotatable bonds is 9.